The van der Waals surface area contributed by atoms with Gasteiger partial charge in [-0.25, -0.2) is 4.98 Å². The number of amides is 2. The van der Waals surface area contributed by atoms with E-state index in [0.29, 0.717) is 35.9 Å². The first kappa shape index (κ1) is 26.1. The third kappa shape index (κ3) is 7.75. The van der Waals surface area contributed by atoms with Crippen molar-refractivity contribution in [1.29, 1.82) is 5.41 Å². The van der Waals surface area contributed by atoms with E-state index < -0.39 is 21.9 Å². The van der Waals surface area contributed by atoms with Crippen LogP contribution in [0.1, 0.15) is 20.0 Å². The zero-order valence-electron chi connectivity index (χ0n) is 18.2. The molecule has 184 valence electrons. The van der Waals surface area contributed by atoms with Gasteiger partial charge in [-0.1, -0.05) is 11.6 Å². The second-order valence-electron chi connectivity index (χ2n) is 7.02. The Bertz CT molecular complexity index is 1320. The number of hydrogen-bond donors (Lipinski definition) is 4. The second kappa shape index (κ2) is 11.3. The largest absolute Gasteiger partial charge is 0.463 e. The molecule has 3 aromatic rings. The van der Waals surface area contributed by atoms with Crippen LogP contribution in [0, 0.1) is 5.41 Å². The van der Waals surface area contributed by atoms with Crippen molar-refractivity contribution in [3.05, 3.63) is 69.5 Å². The molecule has 2 amide bonds. The van der Waals surface area contributed by atoms with Crippen LogP contribution < -0.4 is 15.5 Å². The van der Waals surface area contributed by atoms with E-state index in [1.165, 1.54) is 17.5 Å². The van der Waals surface area contributed by atoms with Gasteiger partial charge in [-0.2, -0.15) is 8.42 Å². The average Bonchev–Trinajstić information content (AvgIpc) is 3.44. The number of aromatic nitrogens is 1. The molecule has 11 nitrogen and oxygen atoms in total. The minimum atomic E-state index is -3.67. The first-order valence-electron chi connectivity index (χ1n) is 9.84. The Balaban J connectivity index is 0.000000623. The van der Waals surface area contributed by atoms with E-state index in [1.807, 2.05) is 0 Å². The zero-order valence-corrected chi connectivity index (χ0v) is 20.6. The third-order valence-corrected chi connectivity index (χ3v) is 5.46. The normalized spacial score (nSPS) is 12.9. The average molecular weight is 538 g/mol. The molecule has 4 rings (SSSR count). The van der Waals surface area contributed by atoms with E-state index in [1.54, 1.807) is 52.7 Å². The number of nitrogens with zero attached hydrogens (tertiary/aromatic N) is 2. The first-order chi connectivity index (χ1) is 16.5. The number of pyridine rings is 1. The molecule has 1 saturated heterocycles. The molecule has 2 aromatic heterocycles. The molecule has 1 aliphatic heterocycles. The van der Waals surface area contributed by atoms with E-state index >= 15 is 0 Å². The summed E-state index contributed by atoms with van der Waals surface area (Å²) in [5, 5.41) is 15.3. The SMILES string of the molecule is CS(=O)(=O)O.N=C1OCCN1c1ccc(NC(=O)c2ccsc2C(=O)Nc2ccc(Cl)cn2)cc1. The lowest BCUT2D eigenvalue weighted by molar-refractivity contribution is 0.0993. The molecule has 14 heteroatoms. The van der Waals surface area contributed by atoms with Gasteiger partial charge < -0.3 is 15.4 Å². The van der Waals surface area contributed by atoms with Crippen molar-refractivity contribution < 1.29 is 27.3 Å². The van der Waals surface area contributed by atoms with E-state index in [2.05, 4.69) is 15.6 Å². The van der Waals surface area contributed by atoms with Crippen LogP contribution in [-0.2, 0) is 14.9 Å². The topological polar surface area (TPSA) is 162 Å². The van der Waals surface area contributed by atoms with Crippen molar-refractivity contribution >= 4 is 68.1 Å². The van der Waals surface area contributed by atoms with Crippen molar-refractivity contribution in [2.75, 3.05) is 34.9 Å². The van der Waals surface area contributed by atoms with Crippen molar-refractivity contribution in [3.63, 3.8) is 0 Å². The minimum Gasteiger partial charge on any atom is -0.463 e. The van der Waals surface area contributed by atoms with Crippen molar-refractivity contribution in [2.24, 2.45) is 0 Å². The Labute approximate surface area is 210 Å². The lowest BCUT2D eigenvalue weighted by Crippen LogP contribution is -2.23. The van der Waals surface area contributed by atoms with E-state index in [-0.39, 0.29) is 16.5 Å². The van der Waals surface area contributed by atoms with Crippen LogP contribution in [0.4, 0.5) is 17.2 Å². The molecule has 3 heterocycles. The van der Waals surface area contributed by atoms with E-state index in [4.69, 9.17) is 26.3 Å². The Kier molecular flexibility index (Phi) is 8.40. The van der Waals surface area contributed by atoms with Gasteiger partial charge >= 0.3 is 0 Å². The number of anilines is 3. The summed E-state index contributed by atoms with van der Waals surface area (Å²) >= 11 is 6.97. The van der Waals surface area contributed by atoms with E-state index in [9.17, 15) is 18.0 Å². The summed E-state index contributed by atoms with van der Waals surface area (Å²) < 4.78 is 31.0. The van der Waals surface area contributed by atoms with Crippen LogP contribution in [0.2, 0.25) is 5.02 Å². The van der Waals surface area contributed by atoms with Gasteiger partial charge in [0.2, 0.25) is 0 Å². The fourth-order valence-corrected chi connectivity index (χ4v) is 3.77. The van der Waals surface area contributed by atoms with Crippen LogP contribution in [0.25, 0.3) is 0 Å². The summed E-state index contributed by atoms with van der Waals surface area (Å²) in [6, 6.07) is 12.0. The molecule has 0 radical (unpaired) electrons. The number of nitrogens with one attached hydrogen (secondary N) is 3. The maximum atomic E-state index is 12.7. The van der Waals surface area contributed by atoms with Crippen LogP contribution in [-0.4, -0.2) is 55.2 Å². The summed E-state index contributed by atoms with van der Waals surface area (Å²) in [6.45, 7) is 1.09. The fourth-order valence-electron chi connectivity index (χ4n) is 2.87. The van der Waals surface area contributed by atoms with Crippen LogP contribution in [0.5, 0.6) is 0 Å². The van der Waals surface area contributed by atoms with Crippen molar-refractivity contribution in [2.45, 2.75) is 0 Å². The predicted octanol–water partition coefficient (Wildman–Crippen LogP) is 3.58. The number of benzene rings is 1. The molecular weight excluding hydrogens is 518 g/mol. The van der Waals surface area contributed by atoms with Gasteiger partial charge in [0, 0.05) is 17.6 Å². The molecule has 0 unspecified atom stereocenters. The molecule has 0 bridgehead atoms. The summed E-state index contributed by atoms with van der Waals surface area (Å²) in [7, 11) is -3.67. The quantitative estimate of drug-likeness (QED) is 0.359. The molecule has 0 aliphatic carbocycles. The first-order valence-corrected chi connectivity index (χ1v) is 12.9. The molecule has 0 saturated carbocycles. The Hall–Kier alpha value is -3.52. The van der Waals surface area contributed by atoms with Crippen LogP contribution >= 0.6 is 22.9 Å². The molecule has 1 aliphatic rings. The summed E-state index contributed by atoms with van der Waals surface area (Å²) in [5.41, 5.74) is 1.65. The smallest absolute Gasteiger partial charge is 0.289 e. The number of carbonyl (C=O) groups excluding carboxylic acids is 2. The lowest BCUT2D eigenvalue weighted by atomic mass is 10.2. The van der Waals surface area contributed by atoms with Gasteiger partial charge in [0.1, 0.15) is 17.3 Å². The molecule has 0 atom stereocenters. The Morgan fingerprint density at radius 3 is 2.40 bits per heavy atom. The molecule has 1 fully saturated rings. The number of amidine groups is 1. The number of carbonyl (C=O) groups is 2. The highest BCUT2D eigenvalue weighted by atomic mass is 35.5. The van der Waals surface area contributed by atoms with Gasteiger partial charge in [0.25, 0.3) is 28.0 Å². The van der Waals surface area contributed by atoms with Gasteiger partial charge in [0.15, 0.2) is 0 Å². The maximum absolute atomic E-state index is 12.7. The Morgan fingerprint density at radius 1 is 1.14 bits per heavy atom. The number of rotatable bonds is 5. The molecular formula is C21H20ClN5O6S2. The molecule has 1 aromatic carbocycles. The zero-order chi connectivity index (χ0) is 25.6. The molecule has 4 N–H and O–H groups in total. The lowest BCUT2D eigenvalue weighted by Gasteiger charge is -2.15. The highest BCUT2D eigenvalue weighted by Gasteiger charge is 2.21. The number of hydrogen-bond acceptors (Lipinski definition) is 8. The highest BCUT2D eigenvalue weighted by Crippen LogP contribution is 2.23. The summed E-state index contributed by atoms with van der Waals surface area (Å²) in [4.78, 5) is 31.3. The Morgan fingerprint density at radius 2 is 1.83 bits per heavy atom. The fraction of sp³-hybridized carbons (Fsp3) is 0.143. The van der Waals surface area contributed by atoms with Crippen LogP contribution in [0.15, 0.2) is 54.0 Å². The predicted molar refractivity (Wildman–Crippen MR) is 134 cm³/mol. The van der Waals surface area contributed by atoms with Crippen LogP contribution in [0.3, 0.4) is 0 Å². The number of ether oxygens (including phenoxy) is 1. The maximum Gasteiger partial charge on any atom is 0.289 e. The standard InChI is InChI=1S/C20H16ClN5O3S.CH4O3S/c21-12-1-6-16(23-11-12)25-19(28)17-15(7-10-30-17)18(27)24-13-2-4-14(5-3-13)26-8-9-29-20(26)22;1-5(2,3)4/h1-7,10-11,22H,8-9H2,(H,24,27)(H,23,25,28);1H3,(H,2,3,4). The van der Waals surface area contributed by atoms with Gasteiger partial charge in [-0.05, 0) is 47.8 Å². The monoisotopic (exact) mass is 537 g/mol. The summed E-state index contributed by atoms with van der Waals surface area (Å²) in [6.07, 6.45) is 2.14. The van der Waals surface area contributed by atoms with Crippen molar-refractivity contribution in [3.8, 4) is 0 Å². The number of halogens is 1. The second-order valence-corrected chi connectivity index (χ2v) is 9.84. The minimum absolute atomic E-state index is 0.107. The van der Waals surface area contributed by atoms with Crippen molar-refractivity contribution in [1.82, 2.24) is 4.98 Å². The van der Waals surface area contributed by atoms with Gasteiger partial charge in [0.05, 0.1) is 23.4 Å². The third-order valence-electron chi connectivity index (χ3n) is 4.32. The summed E-state index contributed by atoms with van der Waals surface area (Å²) in [5.74, 6) is -0.473. The molecule has 35 heavy (non-hydrogen) atoms. The highest BCUT2D eigenvalue weighted by molar-refractivity contribution is 7.85. The van der Waals surface area contributed by atoms with E-state index in [0.717, 1.165) is 5.69 Å². The van der Waals surface area contributed by atoms with Gasteiger partial charge in [-0.3, -0.25) is 24.5 Å². The van der Waals surface area contributed by atoms with Gasteiger partial charge in [-0.15, -0.1) is 11.3 Å². The molecule has 0 spiro atoms. The number of thiophene rings is 1.